The minimum absolute atomic E-state index is 0.0940. The molecule has 1 fully saturated rings. The predicted molar refractivity (Wildman–Crippen MR) is 113 cm³/mol. The number of fused-ring (bicyclic) bond motifs is 1. The molecule has 146 valence electrons. The number of hydrogen-bond donors (Lipinski definition) is 2. The summed E-state index contributed by atoms with van der Waals surface area (Å²) >= 11 is 2.95. The van der Waals surface area contributed by atoms with Crippen molar-refractivity contribution in [2.45, 2.75) is 10.9 Å². The topological polar surface area (TPSA) is 102 Å². The van der Waals surface area contributed by atoms with Crippen LogP contribution in [0.15, 0.2) is 47.4 Å². The number of nitriles is 1. The summed E-state index contributed by atoms with van der Waals surface area (Å²) < 4.78 is 0. The quantitative estimate of drug-likeness (QED) is 0.786. The maximum absolute atomic E-state index is 13.0. The number of benzene rings is 2. The predicted octanol–water partition coefficient (Wildman–Crippen LogP) is 2.76. The Kier molecular flexibility index (Phi) is 5.47. The van der Waals surface area contributed by atoms with Gasteiger partial charge in [0.1, 0.15) is 6.04 Å². The minimum Gasteiger partial charge on any atom is -0.324 e. The van der Waals surface area contributed by atoms with Crippen LogP contribution in [0, 0.1) is 11.3 Å². The molecule has 9 heteroatoms. The first-order valence-corrected chi connectivity index (χ1v) is 11.0. The zero-order valence-corrected chi connectivity index (χ0v) is 16.8. The van der Waals surface area contributed by atoms with E-state index in [9.17, 15) is 14.4 Å². The average Bonchev–Trinajstić information content (AvgIpc) is 3.23. The van der Waals surface area contributed by atoms with Crippen molar-refractivity contribution in [2.75, 3.05) is 28.0 Å². The summed E-state index contributed by atoms with van der Waals surface area (Å²) in [6.07, 6.45) is 0. The minimum atomic E-state index is -0.594. The van der Waals surface area contributed by atoms with Gasteiger partial charge < -0.3 is 15.5 Å². The van der Waals surface area contributed by atoms with Crippen LogP contribution in [-0.4, -0.2) is 46.0 Å². The van der Waals surface area contributed by atoms with Crippen molar-refractivity contribution in [1.29, 1.82) is 5.26 Å². The highest BCUT2D eigenvalue weighted by molar-refractivity contribution is 8.00. The summed E-state index contributed by atoms with van der Waals surface area (Å²) in [4.78, 5) is 39.9. The van der Waals surface area contributed by atoms with Crippen molar-refractivity contribution < 1.29 is 14.4 Å². The molecule has 7 nitrogen and oxygen atoms in total. The number of thioether (sulfide) groups is 2. The monoisotopic (exact) mass is 424 g/mol. The lowest BCUT2D eigenvalue weighted by Crippen LogP contribution is -2.44. The number of nitrogens with zero attached hydrogens (tertiary/aromatic N) is 2. The van der Waals surface area contributed by atoms with Gasteiger partial charge in [-0.1, -0.05) is 0 Å². The SMILES string of the molecule is N#Cc1ccc(NC(=O)C2CSCN2C(=O)c2ccc3c(c2)NC(=O)CS3)cc1. The van der Waals surface area contributed by atoms with Gasteiger partial charge in [0.05, 0.1) is 28.9 Å². The number of hydrogen-bond acceptors (Lipinski definition) is 6. The normalized spacial score (nSPS) is 17.8. The van der Waals surface area contributed by atoms with Crippen LogP contribution in [0.2, 0.25) is 0 Å². The summed E-state index contributed by atoms with van der Waals surface area (Å²) in [6.45, 7) is 0. The number of anilines is 2. The number of carbonyl (C=O) groups excluding carboxylic acids is 3. The van der Waals surface area contributed by atoms with Crippen molar-refractivity contribution in [3.05, 3.63) is 53.6 Å². The van der Waals surface area contributed by atoms with Crippen molar-refractivity contribution in [3.63, 3.8) is 0 Å². The van der Waals surface area contributed by atoms with E-state index < -0.39 is 6.04 Å². The third kappa shape index (κ3) is 4.09. The van der Waals surface area contributed by atoms with E-state index >= 15 is 0 Å². The molecule has 2 aliphatic rings. The zero-order chi connectivity index (χ0) is 20.4. The molecule has 4 rings (SSSR count). The highest BCUT2D eigenvalue weighted by Crippen LogP contribution is 2.33. The summed E-state index contributed by atoms with van der Waals surface area (Å²) in [5.41, 5.74) is 2.15. The van der Waals surface area contributed by atoms with Crippen LogP contribution in [0.25, 0.3) is 0 Å². The van der Waals surface area contributed by atoms with Crippen molar-refractivity contribution >= 4 is 52.6 Å². The van der Waals surface area contributed by atoms with E-state index in [0.29, 0.717) is 39.9 Å². The first-order valence-electron chi connectivity index (χ1n) is 8.81. The number of rotatable bonds is 3. The molecular weight excluding hydrogens is 408 g/mol. The molecule has 29 heavy (non-hydrogen) atoms. The summed E-state index contributed by atoms with van der Waals surface area (Å²) in [7, 11) is 0. The van der Waals surface area contributed by atoms with Crippen molar-refractivity contribution in [1.82, 2.24) is 4.90 Å². The van der Waals surface area contributed by atoms with Crippen molar-refractivity contribution in [3.8, 4) is 6.07 Å². The molecule has 0 bridgehead atoms. The fourth-order valence-corrected chi connectivity index (χ4v) is 5.04. The summed E-state index contributed by atoms with van der Waals surface area (Å²) in [6, 6.07) is 13.2. The lowest BCUT2D eigenvalue weighted by Gasteiger charge is -2.24. The highest BCUT2D eigenvalue weighted by atomic mass is 32.2. The second kappa shape index (κ2) is 8.19. The second-order valence-electron chi connectivity index (χ2n) is 6.52. The maximum Gasteiger partial charge on any atom is 0.255 e. The van der Waals surface area contributed by atoms with Gasteiger partial charge in [0.2, 0.25) is 11.8 Å². The fraction of sp³-hybridized carbons (Fsp3) is 0.200. The number of amides is 3. The van der Waals surface area contributed by atoms with Crippen LogP contribution in [0.3, 0.4) is 0 Å². The highest BCUT2D eigenvalue weighted by Gasteiger charge is 2.35. The Bertz CT molecular complexity index is 1030. The van der Waals surface area contributed by atoms with Gasteiger partial charge in [-0.3, -0.25) is 14.4 Å². The van der Waals surface area contributed by atoms with Crippen LogP contribution in [0.4, 0.5) is 11.4 Å². The van der Waals surface area contributed by atoms with E-state index in [4.69, 9.17) is 5.26 Å². The lowest BCUT2D eigenvalue weighted by atomic mass is 10.1. The molecule has 1 atom stereocenters. The molecule has 2 aliphatic heterocycles. The number of carbonyl (C=O) groups is 3. The van der Waals surface area contributed by atoms with Gasteiger partial charge in [0, 0.05) is 21.9 Å². The summed E-state index contributed by atoms with van der Waals surface area (Å²) in [5.74, 6) is 0.676. The van der Waals surface area contributed by atoms with Crippen LogP contribution in [-0.2, 0) is 9.59 Å². The molecule has 2 aromatic rings. The van der Waals surface area contributed by atoms with E-state index in [1.54, 1.807) is 41.3 Å². The second-order valence-corrected chi connectivity index (χ2v) is 8.53. The third-order valence-electron chi connectivity index (χ3n) is 4.59. The van der Waals surface area contributed by atoms with Crippen LogP contribution < -0.4 is 10.6 Å². The van der Waals surface area contributed by atoms with E-state index in [2.05, 4.69) is 10.6 Å². The molecule has 2 N–H and O–H groups in total. The van der Waals surface area contributed by atoms with Gasteiger partial charge in [-0.05, 0) is 42.5 Å². The van der Waals surface area contributed by atoms with E-state index in [1.807, 2.05) is 12.1 Å². The first-order chi connectivity index (χ1) is 14.0. The van der Waals surface area contributed by atoms with Gasteiger partial charge in [-0.25, -0.2) is 0 Å². The Morgan fingerprint density at radius 2 is 2.00 bits per heavy atom. The molecule has 3 amide bonds. The molecule has 0 saturated carbocycles. The van der Waals surface area contributed by atoms with Crippen LogP contribution >= 0.6 is 23.5 Å². The van der Waals surface area contributed by atoms with Gasteiger partial charge in [0.15, 0.2) is 0 Å². The standard InChI is InChI=1S/C20H16N4O3S2/c21-8-12-1-4-14(5-2-12)22-19(26)16-9-28-11-24(16)20(27)13-3-6-17-15(7-13)23-18(25)10-29-17/h1-7,16H,9-11H2,(H,22,26)(H,23,25). The van der Waals surface area contributed by atoms with Gasteiger partial charge in [0.25, 0.3) is 5.91 Å². The Hall–Kier alpha value is -2.96. The first kappa shape index (κ1) is 19.4. The largest absolute Gasteiger partial charge is 0.324 e. The molecule has 2 aromatic carbocycles. The Morgan fingerprint density at radius 3 is 2.76 bits per heavy atom. The smallest absolute Gasteiger partial charge is 0.255 e. The molecule has 0 aromatic heterocycles. The Labute approximate surface area is 175 Å². The maximum atomic E-state index is 13.0. The van der Waals surface area contributed by atoms with E-state index in [0.717, 1.165) is 4.90 Å². The zero-order valence-electron chi connectivity index (χ0n) is 15.2. The van der Waals surface area contributed by atoms with E-state index in [1.165, 1.54) is 23.5 Å². The van der Waals surface area contributed by atoms with E-state index in [-0.39, 0.29) is 17.7 Å². The third-order valence-corrected chi connectivity index (χ3v) is 6.67. The van der Waals surface area contributed by atoms with Gasteiger partial charge >= 0.3 is 0 Å². The van der Waals surface area contributed by atoms with Gasteiger partial charge in [-0.2, -0.15) is 5.26 Å². The van der Waals surface area contributed by atoms with Crippen LogP contribution in [0.5, 0.6) is 0 Å². The molecular formula is C20H16N4O3S2. The van der Waals surface area contributed by atoms with Crippen LogP contribution in [0.1, 0.15) is 15.9 Å². The average molecular weight is 425 g/mol. The molecule has 1 saturated heterocycles. The summed E-state index contributed by atoms with van der Waals surface area (Å²) in [5, 5.41) is 14.5. The van der Waals surface area contributed by atoms with Gasteiger partial charge in [-0.15, -0.1) is 23.5 Å². The molecule has 0 aliphatic carbocycles. The fourth-order valence-electron chi connectivity index (χ4n) is 3.10. The number of nitrogens with one attached hydrogen (secondary N) is 2. The molecule has 0 radical (unpaired) electrons. The Balaban J connectivity index is 1.49. The molecule has 1 unspecified atom stereocenters. The Morgan fingerprint density at radius 1 is 1.21 bits per heavy atom. The molecule has 2 heterocycles. The molecule has 0 spiro atoms. The van der Waals surface area contributed by atoms with Crippen molar-refractivity contribution in [2.24, 2.45) is 0 Å². The lowest BCUT2D eigenvalue weighted by molar-refractivity contribution is -0.119.